The van der Waals surface area contributed by atoms with Gasteiger partial charge in [0.1, 0.15) is 11.6 Å². The molecule has 2 aliphatic rings. The maximum Gasteiger partial charge on any atom is 0.279 e. The molecule has 0 radical (unpaired) electrons. The second-order valence-electron chi connectivity index (χ2n) is 11.6. The van der Waals surface area contributed by atoms with Crippen molar-refractivity contribution in [2.75, 3.05) is 41.8 Å². The van der Waals surface area contributed by atoms with Crippen LogP contribution in [0.4, 0.5) is 17.5 Å². The summed E-state index contributed by atoms with van der Waals surface area (Å²) in [5.74, 6) is 0.168. The Morgan fingerprint density at radius 2 is 1.68 bits per heavy atom. The summed E-state index contributed by atoms with van der Waals surface area (Å²) >= 11 is 0. The fraction of sp³-hybridized carbons (Fsp3) is 0.600. The number of aliphatic hydroxyl groups excluding tert-OH is 2. The predicted molar refractivity (Wildman–Crippen MR) is 144 cm³/mol. The highest BCUT2D eigenvalue weighted by molar-refractivity contribution is 7.89. The van der Waals surface area contributed by atoms with Gasteiger partial charge in [-0.2, -0.15) is 0 Å². The average molecular weight is 548 g/mol. The van der Waals surface area contributed by atoms with Gasteiger partial charge in [0.2, 0.25) is 0 Å². The number of carbonyl (C=O) groups excluding carboxylic acids is 1. The summed E-state index contributed by atoms with van der Waals surface area (Å²) in [6.07, 6.45) is 5.82. The van der Waals surface area contributed by atoms with Gasteiger partial charge >= 0.3 is 0 Å². The number of carbonyl (C=O) groups is 1. The van der Waals surface area contributed by atoms with Crippen molar-refractivity contribution in [1.82, 2.24) is 19.7 Å². The highest BCUT2D eigenvalue weighted by atomic mass is 32.2. The van der Waals surface area contributed by atoms with Crippen LogP contribution >= 0.6 is 0 Å². The molecule has 2 aromatic heterocycles. The summed E-state index contributed by atoms with van der Waals surface area (Å²) in [6.45, 7) is 7.61. The van der Waals surface area contributed by atoms with Crippen LogP contribution in [0.3, 0.4) is 0 Å². The van der Waals surface area contributed by atoms with E-state index in [1.54, 1.807) is 27.7 Å². The van der Waals surface area contributed by atoms with E-state index in [1.807, 2.05) is 4.90 Å². The summed E-state index contributed by atoms with van der Waals surface area (Å²) in [5, 5.41) is 24.8. The number of aromatic nitrogens is 3. The molecule has 208 valence electrons. The fourth-order valence-electron chi connectivity index (χ4n) is 4.39. The number of amides is 1. The summed E-state index contributed by atoms with van der Waals surface area (Å²) in [5.41, 5.74) is -1.24. The average Bonchev–Trinajstić information content (AvgIpc) is 3.61. The van der Waals surface area contributed by atoms with Crippen LogP contribution in [0.25, 0.3) is 0 Å². The number of nitrogens with one attached hydrogen (secondary N) is 3. The highest BCUT2D eigenvalue weighted by Crippen LogP contribution is 2.54. The molecule has 0 unspecified atom stereocenters. The maximum atomic E-state index is 13.4. The van der Waals surface area contributed by atoms with Crippen LogP contribution in [0, 0.1) is 5.41 Å². The van der Waals surface area contributed by atoms with E-state index in [9.17, 15) is 23.4 Å². The zero-order valence-corrected chi connectivity index (χ0v) is 23.1. The van der Waals surface area contributed by atoms with Gasteiger partial charge in [0.25, 0.3) is 15.9 Å². The molecule has 0 atom stereocenters. The van der Waals surface area contributed by atoms with Gasteiger partial charge in [0.15, 0.2) is 16.5 Å². The lowest BCUT2D eigenvalue weighted by molar-refractivity contribution is 0.102. The number of hydrogen-bond donors (Lipinski definition) is 5. The standard InChI is InChI=1S/C25H37N7O5S/c1-23(2,3)31-38(36,37)19-7-5-6-17(27-19)29-22(35)20-21(32-12-10-25(8-9-25)11-13-32)28-18(14-26-20)30-24(4,15-33)16-34/h5-7,14,31,33-34H,8-13,15-16H2,1-4H3,(H,28,30)(H,27,29,35). The minimum Gasteiger partial charge on any atom is -0.394 e. The Labute approximate surface area is 223 Å². The molecule has 1 saturated carbocycles. The molecular weight excluding hydrogens is 510 g/mol. The van der Waals surface area contributed by atoms with Crippen molar-refractivity contribution in [3.8, 4) is 0 Å². The van der Waals surface area contributed by atoms with E-state index in [2.05, 4.69) is 30.3 Å². The van der Waals surface area contributed by atoms with Crippen molar-refractivity contribution in [3.05, 3.63) is 30.1 Å². The number of nitrogens with zero attached hydrogens (tertiary/aromatic N) is 4. The first-order valence-corrected chi connectivity index (χ1v) is 14.2. The molecule has 1 aliphatic carbocycles. The Hall–Kier alpha value is -2.87. The third-order valence-electron chi connectivity index (χ3n) is 6.86. The van der Waals surface area contributed by atoms with E-state index in [0.717, 1.165) is 25.9 Å². The molecule has 4 rings (SSSR count). The Kier molecular flexibility index (Phi) is 7.67. The molecule has 1 spiro atoms. The first-order chi connectivity index (χ1) is 17.8. The predicted octanol–water partition coefficient (Wildman–Crippen LogP) is 1.74. The van der Waals surface area contributed by atoms with Crippen molar-refractivity contribution >= 4 is 33.4 Å². The molecule has 38 heavy (non-hydrogen) atoms. The zero-order valence-electron chi connectivity index (χ0n) is 22.3. The van der Waals surface area contributed by atoms with Crippen LogP contribution in [-0.4, -0.2) is 76.9 Å². The number of aliphatic hydroxyl groups is 2. The minimum atomic E-state index is -3.90. The molecule has 3 heterocycles. The van der Waals surface area contributed by atoms with Gasteiger partial charge in [-0.15, -0.1) is 0 Å². The first kappa shape index (κ1) is 28.1. The van der Waals surface area contributed by atoms with E-state index >= 15 is 0 Å². The topological polar surface area (TPSA) is 170 Å². The zero-order chi connectivity index (χ0) is 27.8. The van der Waals surface area contributed by atoms with Gasteiger partial charge in [-0.3, -0.25) is 4.79 Å². The second-order valence-corrected chi connectivity index (χ2v) is 13.2. The van der Waals surface area contributed by atoms with Crippen LogP contribution in [0.5, 0.6) is 0 Å². The number of pyridine rings is 1. The molecule has 1 saturated heterocycles. The largest absolute Gasteiger partial charge is 0.394 e. The minimum absolute atomic E-state index is 0.0606. The molecule has 2 fully saturated rings. The van der Waals surface area contributed by atoms with Crippen molar-refractivity contribution in [3.63, 3.8) is 0 Å². The molecule has 5 N–H and O–H groups in total. The number of piperidine rings is 1. The van der Waals surface area contributed by atoms with E-state index in [-0.39, 0.29) is 29.8 Å². The lowest BCUT2D eigenvalue weighted by atomic mass is 9.93. The van der Waals surface area contributed by atoms with Gasteiger partial charge in [0, 0.05) is 18.6 Å². The lowest BCUT2D eigenvalue weighted by Crippen LogP contribution is -2.43. The fourth-order valence-corrected chi connectivity index (χ4v) is 5.78. The van der Waals surface area contributed by atoms with Gasteiger partial charge in [-0.1, -0.05) is 6.07 Å². The molecule has 2 aromatic rings. The van der Waals surface area contributed by atoms with Crippen molar-refractivity contribution < 1.29 is 23.4 Å². The van der Waals surface area contributed by atoms with Gasteiger partial charge < -0.3 is 25.7 Å². The number of sulfonamides is 1. The Morgan fingerprint density at radius 3 is 2.26 bits per heavy atom. The molecule has 0 bridgehead atoms. The number of anilines is 3. The third-order valence-corrected chi connectivity index (χ3v) is 8.52. The normalized spacial score (nSPS) is 17.4. The van der Waals surface area contributed by atoms with Crippen molar-refractivity contribution in [2.24, 2.45) is 5.41 Å². The van der Waals surface area contributed by atoms with Crippen LogP contribution < -0.4 is 20.3 Å². The smallest absolute Gasteiger partial charge is 0.279 e. The molecule has 1 amide bonds. The number of hydrogen-bond acceptors (Lipinski definition) is 10. The van der Waals surface area contributed by atoms with E-state index in [0.29, 0.717) is 17.1 Å². The summed E-state index contributed by atoms with van der Waals surface area (Å²) in [7, 11) is -3.90. The van der Waals surface area contributed by atoms with Crippen LogP contribution in [0.2, 0.25) is 0 Å². The van der Waals surface area contributed by atoms with Crippen LogP contribution in [0.15, 0.2) is 29.4 Å². The van der Waals surface area contributed by atoms with Gasteiger partial charge in [-0.05, 0) is 70.9 Å². The lowest BCUT2D eigenvalue weighted by Gasteiger charge is -2.34. The summed E-state index contributed by atoms with van der Waals surface area (Å²) in [6, 6.07) is 4.36. The first-order valence-electron chi connectivity index (χ1n) is 12.7. The Bertz CT molecular complexity index is 1280. The van der Waals surface area contributed by atoms with E-state index in [1.165, 1.54) is 37.2 Å². The summed E-state index contributed by atoms with van der Waals surface area (Å²) < 4.78 is 28.0. The third kappa shape index (κ3) is 6.57. The van der Waals surface area contributed by atoms with Gasteiger partial charge in [-0.25, -0.2) is 28.1 Å². The van der Waals surface area contributed by atoms with Crippen LogP contribution in [0.1, 0.15) is 63.9 Å². The summed E-state index contributed by atoms with van der Waals surface area (Å²) in [4.78, 5) is 28.6. The molecule has 0 aromatic carbocycles. The van der Waals surface area contributed by atoms with Crippen molar-refractivity contribution in [2.45, 2.75) is 69.5 Å². The van der Waals surface area contributed by atoms with E-state index < -0.39 is 27.0 Å². The van der Waals surface area contributed by atoms with E-state index in [4.69, 9.17) is 0 Å². The Morgan fingerprint density at radius 1 is 1.03 bits per heavy atom. The second kappa shape index (κ2) is 10.4. The molecule has 13 heteroatoms. The number of rotatable bonds is 9. The SMILES string of the molecule is CC(C)(C)NS(=O)(=O)c1cccc(NC(=O)c2ncc(NC(C)(CO)CO)nc2N2CCC3(CC2)CC3)n1. The highest BCUT2D eigenvalue weighted by Gasteiger charge is 2.45. The van der Waals surface area contributed by atoms with Gasteiger partial charge in [0.05, 0.1) is 24.9 Å². The monoisotopic (exact) mass is 547 g/mol. The maximum absolute atomic E-state index is 13.4. The molecular formula is C25H37N7O5S. The quantitative estimate of drug-likeness (QED) is 0.312. The molecule has 1 aliphatic heterocycles. The Balaban J connectivity index is 1.61. The van der Waals surface area contributed by atoms with Crippen LogP contribution in [-0.2, 0) is 10.0 Å². The molecule has 12 nitrogen and oxygen atoms in total. The van der Waals surface area contributed by atoms with Crippen molar-refractivity contribution in [1.29, 1.82) is 0 Å².